The lowest BCUT2D eigenvalue weighted by Gasteiger charge is -2.12. The average Bonchev–Trinajstić information content (AvgIpc) is 2.30. The zero-order valence-electron chi connectivity index (χ0n) is 9.53. The van der Waals surface area contributed by atoms with Gasteiger partial charge in [0.1, 0.15) is 14.0 Å². The second-order valence-electron chi connectivity index (χ2n) is 4.02. The maximum Gasteiger partial charge on any atom is 0.134 e. The number of nitrogens with one attached hydrogen (secondary N) is 1. The van der Waals surface area contributed by atoms with Gasteiger partial charge >= 0.3 is 0 Å². The molecule has 0 unspecified atom stereocenters. The van der Waals surface area contributed by atoms with Crippen LogP contribution in [0.15, 0.2) is 30.3 Å². The van der Waals surface area contributed by atoms with Gasteiger partial charge in [0, 0.05) is 12.8 Å². The van der Waals surface area contributed by atoms with E-state index < -0.39 is 6.17 Å². The number of halogens is 1. The molecule has 86 valence electrons. The maximum atomic E-state index is 12.8. The summed E-state index contributed by atoms with van der Waals surface area (Å²) in [5, 5.41) is 6.77. The molecule has 0 spiro atoms. The largest absolute Gasteiger partial charge is 0.377 e. The standard InChI is InChI=1S/C12H17BFNO/c13-11(6-12(14)7-15)9-16-8-10-4-2-1-3-5-10/h1-5,7,11-12,15H,6,8-9,13H2/t11-,12+/m1/s1. The van der Waals surface area contributed by atoms with Gasteiger partial charge in [-0.1, -0.05) is 30.3 Å². The van der Waals surface area contributed by atoms with Crippen molar-refractivity contribution in [3.05, 3.63) is 35.9 Å². The van der Waals surface area contributed by atoms with Gasteiger partial charge in [-0.3, -0.25) is 0 Å². The van der Waals surface area contributed by atoms with Crippen molar-refractivity contribution in [3.63, 3.8) is 0 Å². The first-order valence-electron chi connectivity index (χ1n) is 5.48. The van der Waals surface area contributed by atoms with E-state index in [4.69, 9.17) is 10.1 Å². The molecule has 0 fully saturated rings. The van der Waals surface area contributed by atoms with Gasteiger partial charge < -0.3 is 10.1 Å². The first-order chi connectivity index (χ1) is 7.72. The zero-order chi connectivity index (χ0) is 11.8. The molecule has 1 rings (SSSR count). The van der Waals surface area contributed by atoms with Crippen molar-refractivity contribution >= 4 is 14.1 Å². The molecule has 0 amide bonds. The summed E-state index contributed by atoms with van der Waals surface area (Å²) in [5.74, 6) is 0.139. The SMILES string of the molecule is B[C@@H](COCc1ccccc1)C[C@H](F)C=N. The number of rotatable bonds is 7. The van der Waals surface area contributed by atoms with E-state index in [0.717, 1.165) is 11.8 Å². The Labute approximate surface area is 96.7 Å². The molecule has 0 radical (unpaired) electrons. The first kappa shape index (κ1) is 12.9. The molecule has 0 aliphatic carbocycles. The monoisotopic (exact) mass is 221 g/mol. The molecule has 1 N–H and O–H groups in total. The predicted molar refractivity (Wildman–Crippen MR) is 66.7 cm³/mol. The lowest BCUT2D eigenvalue weighted by atomic mass is 9.84. The van der Waals surface area contributed by atoms with Crippen LogP contribution in [0.1, 0.15) is 12.0 Å². The van der Waals surface area contributed by atoms with Crippen molar-refractivity contribution in [1.82, 2.24) is 0 Å². The summed E-state index contributed by atoms with van der Waals surface area (Å²) >= 11 is 0. The summed E-state index contributed by atoms with van der Waals surface area (Å²) in [6.45, 7) is 1.09. The molecule has 2 nitrogen and oxygen atoms in total. The fourth-order valence-electron chi connectivity index (χ4n) is 1.47. The van der Waals surface area contributed by atoms with Crippen LogP contribution in [-0.2, 0) is 11.3 Å². The van der Waals surface area contributed by atoms with Gasteiger partial charge in [0.05, 0.1) is 6.61 Å². The van der Waals surface area contributed by atoms with Crippen LogP contribution < -0.4 is 0 Å². The Kier molecular flexibility index (Phi) is 5.79. The van der Waals surface area contributed by atoms with E-state index in [-0.39, 0.29) is 5.82 Å². The fraction of sp³-hybridized carbons (Fsp3) is 0.417. The van der Waals surface area contributed by atoms with E-state index in [9.17, 15) is 4.39 Å². The van der Waals surface area contributed by atoms with Crippen LogP contribution in [0.5, 0.6) is 0 Å². The molecular formula is C12H17BFNO. The lowest BCUT2D eigenvalue weighted by molar-refractivity contribution is 0.115. The number of alkyl halides is 1. The van der Waals surface area contributed by atoms with Crippen molar-refractivity contribution in [2.75, 3.05) is 6.61 Å². The van der Waals surface area contributed by atoms with Gasteiger partial charge in [0.25, 0.3) is 0 Å². The predicted octanol–water partition coefficient (Wildman–Crippen LogP) is 2.00. The molecule has 1 aromatic carbocycles. The van der Waals surface area contributed by atoms with Crippen LogP contribution in [-0.4, -0.2) is 26.8 Å². The zero-order valence-corrected chi connectivity index (χ0v) is 9.53. The molecule has 1 aromatic rings. The van der Waals surface area contributed by atoms with E-state index in [1.807, 2.05) is 38.2 Å². The summed E-state index contributed by atoms with van der Waals surface area (Å²) in [5.41, 5.74) is 1.12. The number of hydrogen-bond acceptors (Lipinski definition) is 2. The Morgan fingerprint density at radius 1 is 1.38 bits per heavy atom. The minimum absolute atomic E-state index is 0.139. The highest BCUT2D eigenvalue weighted by Gasteiger charge is 2.09. The Morgan fingerprint density at radius 2 is 2.06 bits per heavy atom. The molecule has 4 heteroatoms. The van der Waals surface area contributed by atoms with E-state index in [1.165, 1.54) is 0 Å². The summed E-state index contributed by atoms with van der Waals surface area (Å²) < 4.78 is 18.3. The van der Waals surface area contributed by atoms with Crippen molar-refractivity contribution in [2.45, 2.75) is 25.0 Å². The summed E-state index contributed by atoms with van der Waals surface area (Å²) in [4.78, 5) is 0. The highest BCUT2D eigenvalue weighted by molar-refractivity contribution is 6.11. The lowest BCUT2D eigenvalue weighted by Crippen LogP contribution is -2.11. The number of hydrogen-bond donors (Lipinski definition) is 1. The molecule has 2 atom stereocenters. The third kappa shape index (κ3) is 5.07. The van der Waals surface area contributed by atoms with Crippen molar-refractivity contribution < 1.29 is 9.13 Å². The van der Waals surface area contributed by atoms with Gasteiger partial charge in [0.2, 0.25) is 0 Å². The van der Waals surface area contributed by atoms with Crippen molar-refractivity contribution in [1.29, 1.82) is 5.41 Å². The third-order valence-electron chi connectivity index (χ3n) is 2.32. The highest BCUT2D eigenvalue weighted by atomic mass is 19.1. The van der Waals surface area contributed by atoms with Gasteiger partial charge in [-0.2, -0.15) is 0 Å². The minimum Gasteiger partial charge on any atom is -0.377 e. The Hall–Kier alpha value is -1.16. The second kappa shape index (κ2) is 7.17. The molecule has 0 saturated heterocycles. The van der Waals surface area contributed by atoms with Gasteiger partial charge in [-0.25, -0.2) is 4.39 Å². The van der Waals surface area contributed by atoms with E-state index in [1.54, 1.807) is 0 Å². The van der Waals surface area contributed by atoms with Crippen LogP contribution in [0.25, 0.3) is 0 Å². The summed E-state index contributed by atoms with van der Waals surface area (Å²) in [6, 6.07) is 9.90. The molecule has 0 saturated carbocycles. The minimum atomic E-state index is -1.14. The Morgan fingerprint density at radius 3 is 2.69 bits per heavy atom. The second-order valence-corrected chi connectivity index (χ2v) is 4.02. The van der Waals surface area contributed by atoms with E-state index >= 15 is 0 Å². The van der Waals surface area contributed by atoms with Crippen LogP contribution in [0.4, 0.5) is 4.39 Å². The van der Waals surface area contributed by atoms with Gasteiger partial charge in [-0.05, 0) is 17.8 Å². The Balaban J connectivity index is 2.18. The van der Waals surface area contributed by atoms with Crippen molar-refractivity contribution in [3.8, 4) is 0 Å². The molecular weight excluding hydrogens is 204 g/mol. The number of ether oxygens (including phenoxy) is 1. The molecule has 0 aliphatic heterocycles. The maximum absolute atomic E-state index is 12.8. The smallest absolute Gasteiger partial charge is 0.134 e. The molecule has 0 aromatic heterocycles. The fourth-order valence-corrected chi connectivity index (χ4v) is 1.47. The summed E-state index contributed by atoms with van der Waals surface area (Å²) in [7, 11) is 1.93. The van der Waals surface area contributed by atoms with Gasteiger partial charge in [-0.15, -0.1) is 0 Å². The van der Waals surface area contributed by atoms with Crippen LogP contribution in [0.2, 0.25) is 5.82 Å². The topological polar surface area (TPSA) is 33.1 Å². The molecule has 16 heavy (non-hydrogen) atoms. The third-order valence-corrected chi connectivity index (χ3v) is 2.32. The van der Waals surface area contributed by atoms with Crippen molar-refractivity contribution in [2.24, 2.45) is 0 Å². The normalized spacial score (nSPS) is 14.3. The summed E-state index contributed by atoms with van der Waals surface area (Å²) in [6.07, 6.45) is 0.0572. The molecule has 0 bridgehead atoms. The van der Waals surface area contributed by atoms with E-state index in [0.29, 0.717) is 19.6 Å². The quantitative estimate of drug-likeness (QED) is 0.554. The van der Waals surface area contributed by atoms with Crippen LogP contribution >= 0.6 is 0 Å². The molecule has 0 aliphatic rings. The van der Waals surface area contributed by atoms with Crippen LogP contribution in [0.3, 0.4) is 0 Å². The van der Waals surface area contributed by atoms with E-state index in [2.05, 4.69) is 0 Å². The van der Waals surface area contributed by atoms with Gasteiger partial charge in [0.15, 0.2) is 0 Å². The first-order valence-corrected chi connectivity index (χ1v) is 5.48. The number of benzene rings is 1. The van der Waals surface area contributed by atoms with Crippen LogP contribution in [0, 0.1) is 5.41 Å². The highest BCUT2D eigenvalue weighted by Crippen LogP contribution is 2.12. The average molecular weight is 221 g/mol. The molecule has 0 heterocycles. The Bertz CT molecular complexity index is 307.